The molecule has 0 aliphatic carbocycles. The molecule has 7 heteroatoms. The first-order chi connectivity index (χ1) is 12.5. The van der Waals surface area contributed by atoms with Crippen LogP contribution >= 0.6 is 15.9 Å². The predicted molar refractivity (Wildman–Crippen MR) is 99.9 cm³/mol. The van der Waals surface area contributed by atoms with Gasteiger partial charge in [0, 0.05) is 22.6 Å². The highest BCUT2D eigenvalue weighted by atomic mass is 79.9. The summed E-state index contributed by atoms with van der Waals surface area (Å²) in [4.78, 5) is 24.1. The Bertz CT molecular complexity index is 987. The van der Waals surface area contributed by atoms with E-state index < -0.39 is 0 Å². The molecule has 0 fully saturated rings. The first-order valence-electron chi connectivity index (χ1n) is 7.87. The topological polar surface area (TPSA) is 64.0 Å². The largest absolute Gasteiger partial charge is 0.350 e. The van der Waals surface area contributed by atoms with Gasteiger partial charge in [-0.2, -0.15) is 5.10 Å². The average Bonchev–Trinajstić information content (AvgIpc) is 2.64. The highest BCUT2D eigenvalue weighted by Crippen LogP contribution is 2.16. The number of rotatable bonds is 5. The lowest BCUT2D eigenvalue weighted by molar-refractivity contribution is -0.122. The van der Waals surface area contributed by atoms with Gasteiger partial charge in [0.05, 0.1) is 5.69 Å². The third kappa shape index (κ3) is 4.43. The van der Waals surface area contributed by atoms with Gasteiger partial charge in [-0.05, 0) is 42.0 Å². The molecule has 0 aliphatic rings. The van der Waals surface area contributed by atoms with Crippen molar-refractivity contribution >= 4 is 21.8 Å². The van der Waals surface area contributed by atoms with Crippen LogP contribution in [0.1, 0.15) is 5.56 Å². The van der Waals surface area contributed by atoms with Crippen molar-refractivity contribution in [3.63, 3.8) is 0 Å². The fourth-order valence-electron chi connectivity index (χ4n) is 2.36. The van der Waals surface area contributed by atoms with Crippen LogP contribution in [0.25, 0.3) is 11.3 Å². The molecule has 26 heavy (non-hydrogen) atoms. The number of amides is 1. The molecular formula is C19H15BrFN3O2. The van der Waals surface area contributed by atoms with Crippen LogP contribution in [-0.2, 0) is 17.9 Å². The maximum atomic E-state index is 13.0. The SMILES string of the molecule is O=C(Cn1nc(-c2ccc(F)cc2)ccc1=O)NCc1ccccc1Br. The zero-order chi connectivity index (χ0) is 18.5. The summed E-state index contributed by atoms with van der Waals surface area (Å²) in [7, 11) is 0. The summed E-state index contributed by atoms with van der Waals surface area (Å²) in [6.07, 6.45) is 0. The van der Waals surface area contributed by atoms with Gasteiger partial charge in [-0.1, -0.05) is 34.1 Å². The van der Waals surface area contributed by atoms with Crippen LogP contribution in [0, 0.1) is 5.82 Å². The lowest BCUT2D eigenvalue weighted by Crippen LogP contribution is -2.33. The number of carbonyl (C=O) groups excluding carboxylic acids is 1. The fraction of sp³-hybridized carbons (Fsp3) is 0.105. The molecule has 1 aromatic heterocycles. The molecule has 0 aliphatic heterocycles. The second-order valence-electron chi connectivity index (χ2n) is 5.59. The summed E-state index contributed by atoms with van der Waals surface area (Å²) in [5, 5.41) is 6.96. The van der Waals surface area contributed by atoms with Gasteiger partial charge in [0.15, 0.2) is 0 Å². The Morgan fingerprint density at radius 3 is 2.54 bits per heavy atom. The number of carbonyl (C=O) groups is 1. The third-order valence-corrected chi connectivity index (χ3v) is 4.51. The Labute approximate surface area is 157 Å². The maximum absolute atomic E-state index is 13.0. The molecule has 0 atom stereocenters. The maximum Gasteiger partial charge on any atom is 0.267 e. The van der Waals surface area contributed by atoms with E-state index in [1.165, 1.54) is 18.2 Å². The molecule has 1 heterocycles. The Kier molecular flexibility index (Phi) is 5.58. The first kappa shape index (κ1) is 18.0. The van der Waals surface area contributed by atoms with Crippen molar-refractivity contribution in [1.82, 2.24) is 15.1 Å². The minimum Gasteiger partial charge on any atom is -0.350 e. The van der Waals surface area contributed by atoms with Crippen LogP contribution in [-0.4, -0.2) is 15.7 Å². The summed E-state index contributed by atoms with van der Waals surface area (Å²) in [5.74, 6) is -0.680. The minimum absolute atomic E-state index is 0.196. The molecule has 0 saturated carbocycles. The standard InChI is InChI=1S/C19H15BrFN3O2/c20-16-4-2-1-3-14(16)11-22-18(25)12-24-19(26)10-9-17(23-24)13-5-7-15(21)8-6-13/h1-10H,11-12H2,(H,22,25). The van der Waals surface area contributed by atoms with Gasteiger partial charge >= 0.3 is 0 Å². The van der Waals surface area contributed by atoms with Gasteiger partial charge in [-0.15, -0.1) is 0 Å². The Morgan fingerprint density at radius 2 is 1.81 bits per heavy atom. The van der Waals surface area contributed by atoms with E-state index in [4.69, 9.17) is 0 Å². The molecule has 2 aromatic carbocycles. The lowest BCUT2D eigenvalue weighted by atomic mass is 10.1. The summed E-state index contributed by atoms with van der Waals surface area (Å²) in [5.41, 5.74) is 1.70. The molecule has 5 nitrogen and oxygen atoms in total. The normalized spacial score (nSPS) is 10.5. The predicted octanol–water partition coefficient (Wildman–Crippen LogP) is 3.13. The fourth-order valence-corrected chi connectivity index (χ4v) is 2.79. The van der Waals surface area contributed by atoms with Crippen LogP contribution in [0.4, 0.5) is 4.39 Å². The first-order valence-corrected chi connectivity index (χ1v) is 8.66. The van der Waals surface area contributed by atoms with E-state index in [-0.39, 0.29) is 23.8 Å². The van der Waals surface area contributed by atoms with Crippen molar-refractivity contribution in [3.05, 3.63) is 86.9 Å². The molecule has 132 valence electrons. The van der Waals surface area contributed by atoms with E-state index in [1.54, 1.807) is 18.2 Å². The van der Waals surface area contributed by atoms with Gasteiger partial charge in [0.1, 0.15) is 12.4 Å². The second kappa shape index (κ2) is 8.05. The Balaban J connectivity index is 1.71. The van der Waals surface area contributed by atoms with E-state index in [2.05, 4.69) is 26.3 Å². The van der Waals surface area contributed by atoms with Crippen LogP contribution in [0.2, 0.25) is 0 Å². The van der Waals surface area contributed by atoms with E-state index in [0.29, 0.717) is 17.8 Å². The van der Waals surface area contributed by atoms with Crippen molar-refractivity contribution in [3.8, 4) is 11.3 Å². The second-order valence-corrected chi connectivity index (χ2v) is 6.44. The van der Waals surface area contributed by atoms with Crippen molar-refractivity contribution in [1.29, 1.82) is 0 Å². The van der Waals surface area contributed by atoms with Crippen LogP contribution in [0.3, 0.4) is 0 Å². The molecule has 1 N–H and O–H groups in total. The lowest BCUT2D eigenvalue weighted by Gasteiger charge is -2.09. The van der Waals surface area contributed by atoms with Gasteiger partial charge < -0.3 is 5.32 Å². The van der Waals surface area contributed by atoms with E-state index in [0.717, 1.165) is 14.7 Å². The molecule has 1 amide bonds. The van der Waals surface area contributed by atoms with Crippen LogP contribution in [0.15, 0.2) is 69.9 Å². The molecule has 0 bridgehead atoms. The van der Waals surface area contributed by atoms with Crippen LogP contribution in [0.5, 0.6) is 0 Å². The average molecular weight is 416 g/mol. The van der Waals surface area contributed by atoms with Crippen LogP contribution < -0.4 is 10.9 Å². The summed E-state index contributed by atoms with van der Waals surface area (Å²) >= 11 is 3.42. The summed E-state index contributed by atoms with van der Waals surface area (Å²) < 4.78 is 15.0. The molecule has 0 unspecified atom stereocenters. The molecule has 3 aromatic rings. The molecule has 0 spiro atoms. The molecule has 3 rings (SSSR count). The summed E-state index contributed by atoms with van der Waals surface area (Å²) in [6.45, 7) is 0.144. The molecular weight excluding hydrogens is 401 g/mol. The van der Waals surface area contributed by atoms with Gasteiger partial charge in [-0.3, -0.25) is 9.59 Å². The highest BCUT2D eigenvalue weighted by molar-refractivity contribution is 9.10. The quantitative estimate of drug-likeness (QED) is 0.695. The highest BCUT2D eigenvalue weighted by Gasteiger charge is 2.09. The Morgan fingerprint density at radius 1 is 1.08 bits per heavy atom. The zero-order valence-corrected chi connectivity index (χ0v) is 15.2. The van der Waals surface area contributed by atoms with E-state index in [1.807, 2.05) is 24.3 Å². The van der Waals surface area contributed by atoms with Crippen molar-refractivity contribution in [2.45, 2.75) is 13.1 Å². The van der Waals surface area contributed by atoms with E-state index >= 15 is 0 Å². The number of halogens is 2. The minimum atomic E-state index is -0.382. The van der Waals surface area contributed by atoms with Crippen molar-refractivity contribution in [2.75, 3.05) is 0 Å². The van der Waals surface area contributed by atoms with Gasteiger partial charge in [0.2, 0.25) is 5.91 Å². The number of nitrogens with zero attached hydrogens (tertiary/aromatic N) is 2. The monoisotopic (exact) mass is 415 g/mol. The zero-order valence-electron chi connectivity index (χ0n) is 13.7. The number of hydrogen-bond donors (Lipinski definition) is 1. The smallest absolute Gasteiger partial charge is 0.267 e. The number of nitrogens with one attached hydrogen (secondary N) is 1. The van der Waals surface area contributed by atoms with Crippen molar-refractivity contribution < 1.29 is 9.18 Å². The number of hydrogen-bond acceptors (Lipinski definition) is 3. The van der Waals surface area contributed by atoms with Crippen molar-refractivity contribution in [2.24, 2.45) is 0 Å². The van der Waals surface area contributed by atoms with Gasteiger partial charge in [-0.25, -0.2) is 9.07 Å². The Hall–Kier alpha value is -2.80. The van der Waals surface area contributed by atoms with Gasteiger partial charge in [0.25, 0.3) is 5.56 Å². The summed E-state index contributed by atoms with van der Waals surface area (Å²) in [6, 6.07) is 16.2. The third-order valence-electron chi connectivity index (χ3n) is 3.73. The number of benzene rings is 2. The van der Waals surface area contributed by atoms with E-state index in [9.17, 15) is 14.0 Å². The molecule has 0 saturated heterocycles. The number of aromatic nitrogens is 2. The molecule has 0 radical (unpaired) electrons.